The van der Waals surface area contributed by atoms with E-state index in [4.69, 9.17) is 14.2 Å². The minimum Gasteiger partial charge on any atom is -0.493 e. The van der Waals surface area contributed by atoms with Crippen molar-refractivity contribution in [2.45, 2.75) is 27.2 Å². The highest BCUT2D eigenvalue weighted by atomic mass is 32.1. The molecule has 0 spiro atoms. The SMILES string of the molecule is COc1ccc(-c2nc(CC(=O)Oc3c(C)ccc(C)c3C)cs2)cc1OC. The van der Waals surface area contributed by atoms with E-state index in [9.17, 15) is 4.79 Å². The summed E-state index contributed by atoms with van der Waals surface area (Å²) < 4.78 is 16.2. The van der Waals surface area contributed by atoms with Gasteiger partial charge in [-0.1, -0.05) is 12.1 Å². The molecule has 0 atom stereocenters. The van der Waals surface area contributed by atoms with Gasteiger partial charge in [0, 0.05) is 10.9 Å². The predicted octanol–water partition coefficient (Wildman–Crippen LogP) is 4.90. The number of ether oxygens (including phenoxy) is 3. The summed E-state index contributed by atoms with van der Waals surface area (Å²) in [7, 11) is 3.20. The van der Waals surface area contributed by atoms with Crippen LogP contribution in [0.4, 0.5) is 0 Å². The number of aromatic nitrogens is 1. The maximum atomic E-state index is 12.4. The largest absolute Gasteiger partial charge is 0.493 e. The van der Waals surface area contributed by atoms with E-state index >= 15 is 0 Å². The summed E-state index contributed by atoms with van der Waals surface area (Å²) >= 11 is 1.48. The van der Waals surface area contributed by atoms with E-state index in [0.29, 0.717) is 22.9 Å². The normalized spacial score (nSPS) is 10.6. The Kier molecular flexibility index (Phi) is 5.99. The van der Waals surface area contributed by atoms with Crippen molar-refractivity contribution in [2.75, 3.05) is 14.2 Å². The number of aryl methyl sites for hydroxylation is 2. The monoisotopic (exact) mass is 397 g/mol. The Bertz CT molecular complexity index is 1010. The van der Waals surface area contributed by atoms with Crippen LogP contribution in [0.5, 0.6) is 17.2 Å². The maximum absolute atomic E-state index is 12.4. The lowest BCUT2D eigenvalue weighted by atomic mass is 10.1. The first-order valence-electron chi connectivity index (χ1n) is 8.87. The lowest BCUT2D eigenvalue weighted by Crippen LogP contribution is -2.13. The average Bonchev–Trinajstić information content (AvgIpc) is 3.16. The third-order valence-electron chi connectivity index (χ3n) is 4.60. The van der Waals surface area contributed by atoms with Crippen molar-refractivity contribution in [2.24, 2.45) is 0 Å². The van der Waals surface area contributed by atoms with Crippen LogP contribution in [0, 0.1) is 20.8 Å². The van der Waals surface area contributed by atoms with Gasteiger partial charge in [0.2, 0.25) is 0 Å². The molecule has 0 saturated carbocycles. The summed E-state index contributed by atoms with van der Waals surface area (Å²) in [4.78, 5) is 17.0. The first-order chi connectivity index (χ1) is 13.4. The molecular weight excluding hydrogens is 374 g/mol. The molecule has 0 radical (unpaired) electrons. The number of nitrogens with zero attached hydrogens (tertiary/aromatic N) is 1. The molecule has 5 nitrogen and oxygen atoms in total. The molecule has 0 saturated heterocycles. The summed E-state index contributed by atoms with van der Waals surface area (Å²) in [5.41, 5.74) is 4.62. The van der Waals surface area contributed by atoms with Gasteiger partial charge in [0.15, 0.2) is 11.5 Å². The molecule has 28 heavy (non-hydrogen) atoms. The molecular formula is C22H23NO4S. The summed E-state index contributed by atoms with van der Waals surface area (Å²) in [5, 5.41) is 2.69. The van der Waals surface area contributed by atoms with Gasteiger partial charge in [-0.3, -0.25) is 4.79 Å². The van der Waals surface area contributed by atoms with Crippen molar-refractivity contribution in [3.05, 3.63) is 58.1 Å². The number of esters is 1. The number of carbonyl (C=O) groups excluding carboxylic acids is 1. The van der Waals surface area contributed by atoms with Crippen LogP contribution in [0.2, 0.25) is 0 Å². The van der Waals surface area contributed by atoms with Gasteiger partial charge in [-0.2, -0.15) is 0 Å². The van der Waals surface area contributed by atoms with E-state index < -0.39 is 0 Å². The predicted molar refractivity (Wildman–Crippen MR) is 111 cm³/mol. The molecule has 3 aromatic rings. The van der Waals surface area contributed by atoms with Crippen LogP contribution in [0.15, 0.2) is 35.7 Å². The molecule has 0 bridgehead atoms. The quantitative estimate of drug-likeness (QED) is 0.437. The second kappa shape index (κ2) is 8.44. The average molecular weight is 397 g/mol. The molecule has 0 unspecified atom stereocenters. The fourth-order valence-corrected chi connectivity index (χ4v) is 3.69. The topological polar surface area (TPSA) is 57.7 Å². The number of hydrogen-bond acceptors (Lipinski definition) is 6. The Hall–Kier alpha value is -2.86. The molecule has 0 amide bonds. The molecule has 3 rings (SSSR count). The van der Waals surface area contributed by atoms with E-state index in [1.165, 1.54) is 11.3 Å². The Balaban J connectivity index is 1.75. The number of rotatable bonds is 6. The lowest BCUT2D eigenvalue weighted by molar-refractivity contribution is -0.133. The minimum absolute atomic E-state index is 0.122. The fraction of sp³-hybridized carbons (Fsp3) is 0.273. The number of hydrogen-bond donors (Lipinski definition) is 0. The standard InChI is InChI=1S/C22H23NO4S/c1-13-6-7-14(2)21(15(13)3)27-20(24)11-17-12-28-22(23-17)16-8-9-18(25-4)19(10-16)26-5/h6-10,12H,11H2,1-5H3. The van der Waals surface area contributed by atoms with Crippen LogP contribution < -0.4 is 14.2 Å². The van der Waals surface area contributed by atoms with Gasteiger partial charge in [0.05, 0.1) is 26.3 Å². The van der Waals surface area contributed by atoms with Crippen LogP contribution in [0.3, 0.4) is 0 Å². The number of methoxy groups -OCH3 is 2. The van der Waals surface area contributed by atoms with Crippen molar-refractivity contribution >= 4 is 17.3 Å². The molecule has 0 aliphatic heterocycles. The molecule has 0 aliphatic carbocycles. The smallest absolute Gasteiger partial charge is 0.317 e. The van der Waals surface area contributed by atoms with E-state index in [2.05, 4.69) is 4.98 Å². The number of carbonyl (C=O) groups is 1. The Morgan fingerprint density at radius 2 is 1.71 bits per heavy atom. The zero-order valence-electron chi connectivity index (χ0n) is 16.7. The van der Waals surface area contributed by atoms with Crippen molar-refractivity contribution in [1.82, 2.24) is 4.98 Å². The third-order valence-corrected chi connectivity index (χ3v) is 5.54. The summed E-state index contributed by atoms with van der Waals surface area (Å²) in [6.07, 6.45) is 0.122. The first kappa shape index (κ1) is 19.9. The van der Waals surface area contributed by atoms with Gasteiger partial charge in [0.25, 0.3) is 0 Å². The molecule has 146 valence electrons. The van der Waals surface area contributed by atoms with Crippen LogP contribution >= 0.6 is 11.3 Å². The van der Waals surface area contributed by atoms with Crippen LogP contribution in [-0.2, 0) is 11.2 Å². The maximum Gasteiger partial charge on any atom is 0.317 e. The molecule has 1 aromatic heterocycles. The fourth-order valence-electron chi connectivity index (χ4n) is 2.87. The second-order valence-electron chi connectivity index (χ2n) is 6.52. The van der Waals surface area contributed by atoms with Crippen LogP contribution in [0.1, 0.15) is 22.4 Å². The summed E-state index contributed by atoms with van der Waals surface area (Å²) in [6, 6.07) is 9.62. The van der Waals surface area contributed by atoms with Crippen molar-refractivity contribution in [3.8, 4) is 27.8 Å². The highest BCUT2D eigenvalue weighted by Gasteiger charge is 2.15. The van der Waals surface area contributed by atoms with Gasteiger partial charge in [-0.25, -0.2) is 4.98 Å². The molecule has 0 N–H and O–H groups in total. The molecule has 0 aliphatic rings. The van der Waals surface area contributed by atoms with Crippen LogP contribution in [-0.4, -0.2) is 25.2 Å². The molecule has 2 aromatic carbocycles. The van der Waals surface area contributed by atoms with E-state index in [1.54, 1.807) is 14.2 Å². The zero-order valence-corrected chi connectivity index (χ0v) is 17.5. The van der Waals surface area contributed by atoms with E-state index in [1.807, 2.05) is 56.5 Å². The van der Waals surface area contributed by atoms with Crippen LogP contribution in [0.25, 0.3) is 10.6 Å². The Labute approximate surface area is 168 Å². The third kappa shape index (κ3) is 4.17. The van der Waals surface area contributed by atoms with Gasteiger partial charge in [-0.05, 0) is 55.7 Å². The Morgan fingerprint density at radius 1 is 1.00 bits per heavy atom. The lowest BCUT2D eigenvalue weighted by Gasteiger charge is -2.12. The molecule has 1 heterocycles. The van der Waals surface area contributed by atoms with Gasteiger partial charge >= 0.3 is 5.97 Å². The first-order valence-corrected chi connectivity index (χ1v) is 9.75. The van der Waals surface area contributed by atoms with E-state index in [0.717, 1.165) is 27.3 Å². The van der Waals surface area contributed by atoms with Crippen molar-refractivity contribution < 1.29 is 19.0 Å². The number of thiazole rings is 1. The highest BCUT2D eigenvalue weighted by molar-refractivity contribution is 7.13. The van der Waals surface area contributed by atoms with Crippen molar-refractivity contribution in [1.29, 1.82) is 0 Å². The van der Waals surface area contributed by atoms with Crippen molar-refractivity contribution in [3.63, 3.8) is 0 Å². The second-order valence-corrected chi connectivity index (χ2v) is 7.38. The molecule has 6 heteroatoms. The number of benzene rings is 2. The van der Waals surface area contributed by atoms with E-state index in [-0.39, 0.29) is 12.4 Å². The minimum atomic E-state index is -0.319. The molecule has 0 fully saturated rings. The Morgan fingerprint density at radius 3 is 2.43 bits per heavy atom. The van der Waals surface area contributed by atoms with Gasteiger partial charge in [-0.15, -0.1) is 11.3 Å². The van der Waals surface area contributed by atoms with Gasteiger partial charge in [0.1, 0.15) is 10.8 Å². The summed E-state index contributed by atoms with van der Waals surface area (Å²) in [5.74, 6) is 1.62. The van der Waals surface area contributed by atoms with Gasteiger partial charge < -0.3 is 14.2 Å². The highest BCUT2D eigenvalue weighted by Crippen LogP contribution is 2.33. The summed E-state index contributed by atoms with van der Waals surface area (Å²) in [6.45, 7) is 5.90. The zero-order chi connectivity index (χ0) is 20.3.